The second-order valence-corrected chi connectivity index (χ2v) is 5.13. The first-order valence-electron chi connectivity index (χ1n) is 7.16. The van der Waals surface area contributed by atoms with Crippen LogP contribution in [0.2, 0.25) is 5.02 Å². The lowest BCUT2D eigenvalue weighted by molar-refractivity contribution is -0.138. The Morgan fingerprint density at radius 3 is 2.32 bits per heavy atom. The van der Waals surface area contributed by atoms with Crippen LogP contribution in [0.4, 0.5) is 14.5 Å². The summed E-state index contributed by atoms with van der Waals surface area (Å²) in [6.07, 6.45) is 0. The van der Waals surface area contributed by atoms with Crippen molar-refractivity contribution < 1.29 is 23.4 Å². The van der Waals surface area contributed by atoms with Gasteiger partial charge >= 0.3 is 5.97 Å². The number of carbonyl (C=O) groups is 1. The first-order valence-corrected chi connectivity index (χ1v) is 7.54. The van der Waals surface area contributed by atoms with Crippen molar-refractivity contribution in [3.05, 3.63) is 70.4 Å². The Morgan fingerprint density at radius 2 is 1.76 bits per heavy atom. The molecule has 0 aromatic heterocycles. The van der Waals surface area contributed by atoms with E-state index >= 15 is 0 Å². The molecule has 2 aromatic rings. The number of aliphatic hydroxyl groups is 1. The fourth-order valence-electron chi connectivity index (χ4n) is 1.84. The van der Waals surface area contributed by atoms with Gasteiger partial charge in [-0.3, -0.25) is 0 Å². The lowest BCUT2D eigenvalue weighted by Gasteiger charge is -2.07. The minimum atomic E-state index is -1.07. The van der Waals surface area contributed by atoms with Gasteiger partial charge in [0.25, 0.3) is 0 Å². The number of hydrogen-bond donors (Lipinski definition) is 1. The maximum absolute atomic E-state index is 13.8. The molecule has 0 heterocycles. The monoisotopic (exact) mass is 366 g/mol. The van der Waals surface area contributed by atoms with Crippen LogP contribution in [0, 0.1) is 11.6 Å². The zero-order valence-electron chi connectivity index (χ0n) is 13.0. The van der Waals surface area contributed by atoms with Crippen LogP contribution in [-0.2, 0) is 9.53 Å². The molecule has 0 atom stereocenters. The van der Waals surface area contributed by atoms with E-state index in [4.69, 9.17) is 16.3 Å². The van der Waals surface area contributed by atoms with Crippen molar-refractivity contribution in [2.45, 2.75) is 6.92 Å². The zero-order chi connectivity index (χ0) is 18.4. The van der Waals surface area contributed by atoms with Gasteiger partial charge in [0.1, 0.15) is 11.6 Å². The topological polar surface area (TPSA) is 71.2 Å². The predicted octanol–water partition coefficient (Wildman–Crippen LogP) is 5.19. The SMILES string of the molecule is CCOC(=O)/C(N=Nc1ccc(Cl)cc1)=C(/O)c1c(F)cccc1F. The van der Waals surface area contributed by atoms with Gasteiger partial charge in [-0.1, -0.05) is 17.7 Å². The molecular formula is C17H13ClF2N2O3. The van der Waals surface area contributed by atoms with Gasteiger partial charge in [0.15, 0.2) is 5.76 Å². The van der Waals surface area contributed by atoms with E-state index in [9.17, 15) is 18.7 Å². The summed E-state index contributed by atoms with van der Waals surface area (Å²) in [4.78, 5) is 12.0. The molecule has 0 amide bonds. The second-order valence-electron chi connectivity index (χ2n) is 4.69. The third-order valence-corrected chi connectivity index (χ3v) is 3.24. The number of ether oxygens (including phenoxy) is 1. The normalized spacial score (nSPS) is 12.2. The Kier molecular flexibility index (Phi) is 6.19. The number of halogens is 3. The van der Waals surface area contributed by atoms with Crippen molar-refractivity contribution in [2.75, 3.05) is 6.61 Å². The molecule has 8 heteroatoms. The highest BCUT2D eigenvalue weighted by molar-refractivity contribution is 6.30. The summed E-state index contributed by atoms with van der Waals surface area (Å²) in [6, 6.07) is 9.10. The van der Waals surface area contributed by atoms with Gasteiger partial charge in [0, 0.05) is 5.02 Å². The molecule has 0 aliphatic carbocycles. The summed E-state index contributed by atoms with van der Waals surface area (Å²) < 4.78 is 32.4. The Bertz CT molecular complexity index is 816. The Morgan fingerprint density at radius 1 is 1.16 bits per heavy atom. The highest BCUT2D eigenvalue weighted by Gasteiger charge is 2.23. The first kappa shape index (κ1) is 18.5. The van der Waals surface area contributed by atoms with Crippen molar-refractivity contribution >= 4 is 29.0 Å². The van der Waals surface area contributed by atoms with E-state index < -0.39 is 34.6 Å². The number of nitrogens with zero attached hydrogens (tertiary/aromatic N) is 2. The van der Waals surface area contributed by atoms with Gasteiger partial charge in [-0.25, -0.2) is 13.6 Å². The molecule has 5 nitrogen and oxygen atoms in total. The summed E-state index contributed by atoms with van der Waals surface area (Å²) in [6.45, 7) is 1.51. The molecule has 0 unspecified atom stereocenters. The molecule has 0 fully saturated rings. The Hall–Kier alpha value is -2.80. The molecule has 0 aliphatic heterocycles. The number of benzene rings is 2. The maximum atomic E-state index is 13.8. The summed E-state index contributed by atoms with van der Waals surface area (Å²) in [7, 11) is 0. The molecule has 0 spiro atoms. The van der Waals surface area contributed by atoms with Crippen molar-refractivity contribution in [1.29, 1.82) is 0 Å². The highest BCUT2D eigenvalue weighted by Crippen LogP contribution is 2.25. The Balaban J connectivity index is 2.51. The van der Waals surface area contributed by atoms with Gasteiger partial charge in [0.2, 0.25) is 5.70 Å². The quantitative estimate of drug-likeness (QED) is 0.342. The van der Waals surface area contributed by atoms with E-state index in [-0.39, 0.29) is 6.61 Å². The molecule has 130 valence electrons. The summed E-state index contributed by atoms with van der Waals surface area (Å²) in [5, 5.41) is 18.0. The average Bonchev–Trinajstić information content (AvgIpc) is 2.57. The van der Waals surface area contributed by atoms with Crippen LogP contribution in [-0.4, -0.2) is 17.7 Å². The van der Waals surface area contributed by atoms with Crippen LogP contribution < -0.4 is 0 Å². The number of esters is 1. The summed E-state index contributed by atoms with van der Waals surface area (Å²) in [5.41, 5.74) is -1.20. The van der Waals surface area contributed by atoms with Crippen LogP contribution >= 0.6 is 11.6 Å². The molecule has 0 aliphatic rings. The fraction of sp³-hybridized carbons (Fsp3) is 0.118. The third-order valence-electron chi connectivity index (χ3n) is 2.98. The number of aliphatic hydroxyl groups excluding tert-OH is 1. The first-order chi connectivity index (χ1) is 11.9. The molecule has 0 saturated carbocycles. The van der Waals surface area contributed by atoms with Gasteiger partial charge < -0.3 is 9.84 Å². The largest absolute Gasteiger partial charge is 0.505 e. The molecule has 2 aromatic carbocycles. The molecule has 0 bridgehead atoms. The number of hydrogen-bond acceptors (Lipinski definition) is 5. The molecule has 25 heavy (non-hydrogen) atoms. The van der Waals surface area contributed by atoms with Crippen LogP contribution in [0.5, 0.6) is 0 Å². The fourth-order valence-corrected chi connectivity index (χ4v) is 1.97. The molecule has 0 saturated heterocycles. The zero-order valence-corrected chi connectivity index (χ0v) is 13.8. The molecule has 2 rings (SSSR count). The predicted molar refractivity (Wildman–Crippen MR) is 88.5 cm³/mol. The number of rotatable bonds is 5. The second kappa shape index (κ2) is 8.34. The van der Waals surface area contributed by atoms with E-state index in [0.717, 1.165) is 18.2 Å². The van der Waals surface area contributed by atoms with Crippen LogP contribution in [0.3, 0.4) is 0 Å². The van der Waals surface area contributed by atoms with E-state index in [1.807, 2.05) is 0 Å². The van der Waals surface area contributed by atoms with E-state index in [2.05, 4.69) is 10.2 Å². The lowest BCUT2D eigenvalue weighted by atomic mass is 10.1. The van der Waals surface area contributed by atoms with Gasteiger partial charge in [0.05, 0.1) is 17.9 Å². The van der Waals surface area contributed by atoms with E-state index in [0.29, 0.717) is 10.7 Å². The maximum Gasteiger partial charge on any atom is 0.362 e. The molecule has 0 radical (unpaired) electrons. The van der Waals surface area contributed by atoms with Crippen LogP contribution in [0.1, 0.15) is 12.5 Å². The summed E-state index contributed by atoms with van der Waals surface area (Å²) >= 11 is 5.75. The molecule has 1 N–H and O–H groups in total. The van der Waals surface area contributed by atoms with Gasteiger partial charge in [-0.05, 0) is 43.3 Å². The lowest BCUT2D eigenvalue weighted by Crippen LogP contribution is -2.09. The van der Waals surface area contributed by atoms with E-state index in [1.54, 1.807) is 12.1 Å². The number of carbonyl (C=O) groups excluding carboxylic acids is 1. The standard InChI is InChI=1S/C17H13ClF2N2O3/c1-2-25-17(24)15(22-21-11-8-6-10(18)7-9-11)16(23)14-12(19)4-3-5-13(14)20/h3-9,23H,2H2,1H3/b16-15-,22-21?. The Labute approximate surface area is 147 Å². The number of azo groups is 1. The van der Waals surface area contributed by atoms with Crippen molar-refractivity contribution in [1.82, 2.24) is 0 Å². The van der Waals surface area contributed by atoms with Crippen LogP contribution in [0.15, 0.2) is 58.4 Å². The minimum absolute atomic E-state index is 0.0220. The van der Waals surface area contributed by atoms with E-state index in [1.165, 1.54) is 19.1 Å². The van der Waals surface area contributed by atoms with Gasteiger partial charge in [-0.2, -0.15) is 5.11 Å². The summed E-state index contributed by atoms with van der Waals surface area (Å²) in [5.74, 6) is -4.19. The van der Waals surface area contributed by atoms with Crippen molar-refractivity contribution in [2.24, 2.45) is 10.2 Å². The van der Waals surface area contributed by atoms with Crippen LogP contribution in [0.25, 0.3) is 5.76 Å². The highest BCUT2D eigenvalue weighted by atomic mass is 35.5. The smallest absolute Gasteiger partial charge is 0.362 e. The third kappa shape index (κ3) is 4.60. The van der Waals surface area contributed by atoms with Crippen molar-refractivity contribution in [3.8, 4) is 0 Å². The average molecular weight is 367 g/mol. The molecular weight excluding hydrogens is 354 g/mol. The van der Waals surface area contributed by atoms with Gasteiger partial charge in [-0.15, -0.1) is 5.11 Å². The minimum Gasteiger partial charge on any atom is -0.505 e. The van der Waals surface area contributed by atoms with Crippen molar-refractivity contribution in [3.63, 3.8) is 0 Å².